The number of hydrogen-bond acceptors (Lipinski definition) is 4. The Morgan fingerprint density at radius 3 is 2.46 bits per heavy atom. The molecule has 1 unspecified atom stereocenters. The van der Waals surface area contributed by atoms with Gasteiger partial charge in [-0.25, -0.2) is 0 Å². The highest BCUT2D eigenvalue weighted by Gasteiger charge is 2.36. The topological polar surface area (TPSA) is 39.7 Å². The second kappa shape index (κ2) is 9.98. The molecule has 1 aliphatic carbocycles. The van der Waals surface area contributed by atoms with Gasteiger partial charge < -0.3 is 9.80 Å². The molecule has 1 amide bonds. The second-order valence-electron chi connectivity index (χ2n) is 10.5. The van der Waals surface area contributed by atoms with Crippen LogP contribution in [-0.2, 0) is 11.2 Å². The van der Waals surface area contributed by atoms with Crippen molar-refractivity contribution in [3.63, 3.8) is 0 Å². The van der Waals surface area contributed by atoms with Crippen LogP contribution in [0.2, 0.25) is 0 Å². The van der Waals surface area contributed by atoms with Crippen LogP contribution in [0, 0.1) is 5.92 Å². The van der Waals surface area contributed by atoms with Crippen molar-refractivity contribution in [3.05, 3.63) is 66.4 Å². The molecule has 2 fully saturated rings. The lowest BCUT2D eigenvalue weighted by molar-refractivity contribution is -0.124. The molecule has 35 heavy (non-hydrogen) atoms. The maximum absolute atomic E-state index is 13.8. The Morgan fingerprint density at radius 1 is 0.829 bits per heavy atom. The van der Waals surface area contributed by atoms with Crippen molar-refractivity contribution in [1.29, 1.82) is 0 Å². The van der Waals surface area contributed by atoms with Crippen molar-refractivity contribution < 1.29 is 4.79 Å². The predicted octanol–water partition coefficient (Wildman–Crippen LogP) is 5.29. The van der Waals surface area contributed by atoms with E-state index in [9.17, 15) is 4.79 Å². The van der Waals surface area contributed by atoms with Crippen LogP contribution in [0.3, 0.4) is 0 Å². The van der Waals surface area contributed by atoms with E-state index < -0.39 is 0 Å². The summed E-state index contributed by atoms with van der Waals surface area (Å²) in [6.07, 6.45) is 9.85. The average Bonchev–Trinajstić information content (AvgIpc) is 2.93. The number of amides is 1. The highest BCUT2D eigenvalue weighted by atomic mass is 16.2. The lowest BCUT2D eigenvalue weighted by Gasteiger charge is -2.44. The molecular weight excluding hydrogens is 432 g/mol. The first-order chi connectivity index (χ1) is 17.3. The zero-order chi connectivity index (χ0) is 23.6. The normalized spacial score (nSPS) is 21.8. The van der Waals surface area contributed by atoms with Gasteiger partial charge in [0.05, 0.1) is 5.52 Å². The molecule has 182 valence electrons. The Kier molecular flexibility index (Phi) is 6.43. The Morgan fingerprint density at radius 2 is 1.60 bits per heavy atom. The SMILES string of the molecule is O=C(C1CCCCC1)N1c2ccccc2CCC1CN1CCN(c2ccnc3ccccc23)CC1. The summed E-state index contributed by atoms with van der Waals surface area (Å²) in [4.78, 5) is 25.7. The minimum absolute atomic E-state index is 0.203. The molecule has 0 radical (unpaired) electrons. The number of piperazine rings is 1. The summed E-state index contributed by atoms with van der Waals surface area (Å²) in [5.41, 5.74) is 4.85. The number of carbonyl (C=O) groups is 1. The number of nitrogens with zero attached hydrogens (tertiary/aromatic N) is 4. The van der Waals surface area contributed by atoms with E-state index in [0.29, 0.717) is 5.91 Å². The number of anilines is 2. The zero-order valence-corrected chi connectivity index (χ0v) is 20.6. The molecule has 0 bridgehead atoms. The molecule has 6 rings (SSSR count). The average molecular weight is 469 g/mol. The molecule has 2 aromatic carbocycles. The van der Waals surface area contributed by atoms with Crippen LogP contribution in [0.15, 0.2) is 60.8 Å². The van der Waals surface area contributed by atoms with Gasteiger partial charge in [-0.2, -0.15) is 0 Å². The summed E-state index contributed by atoms with van der Waals surface area (Å²) in [7, 11) is 0. The van der Waals surface area contributed by atoms with Crippen LogP contribution >= 0.6 is 0 Å². The van der Waals surface area contributed by atoms with Gasteiger partial charge in [-0.3, -0.25) is 14.7 Å². The van der Waals surface area contributed by atoms with Crippen LogP contribution in [0.5, 0.6) is 0 Å². The zero-order valence-electron chi connectivity index (χ0n) is 20.6. The fraction of sp³-hybridized carbons (Fsp3) is 0.467. The molecule has 3 aliphatic rings. The number of fused-ring (bicyclic) bond motifs is 2. The van der Waals surface area contributed by atoms with E-state index >= 15 is 0 Å². The summed E-state index contributed by atoms with van der Waals surface area (Å²) in [5.74, 6) is 0.581. The first-order valence-corrected chi connectivity index (χ1v) is 13.5. The number of aromatic nitrogens is 1. The van der Waals surface area contributed by atoms with E-state index in [1.165, 1.54) is 41.6 Å². The first kappa shape index (κ1) is 22.5. The molecule has 5 heteroatoms. The quantitative estimate of drug-likeness (QED) is 0.522. The summed E-state index contributed by atoms with van der Waals surface area (Å²) >= 11 is 0. The molecule has 1 saturated heterocycles. The molecular formula is C30H36N4O. The highest BCUT2D eigenvalue weighted by Crippen LogP contribution is 2.35. The van der Waals surface area contributed by atoms with Crippen molar-refractivity contribution >= 4 is 28.2 Å². The predicted molar refractivity (Wildman–Crippen MR) is 143 cm³/mol. The number of aryl methyl sites for hydroxylation is 1. The van der Waals surface area contributed by atoms with Crippen molar-refractivity contribution in [2.24, 2.45) is 5.92 Å². The monoisotopic (exact) mass is 468 g/mol. The van der Waals surface area contributed by atoms with E-state index in [4.69, 9.17) is 0 Å². The van der Waals surface area contributed by atoms with Crippen LogP contribution in [0.4, 0.5) is 11.4 Å². The Hall–Kier alpha value is -2.92. The Balaban J connectivity index is 1.17. The van der Waals surface area contributed by atoms with Crippen LogP contribution < -0.4 is 9.80 Å². The molecule has 1 saturated carbocycles. The number of benzene rings is 2. The van der Waals surface area contributed by atoms with Gasteiger partial charge in [0.15, 0.2) is 0 Å². The van der Waals surface area contributed by atoms with E-state index in [0.717, 1.165) is 63.9 Å². The fourth-order valence-electron chi connectivity index (χ4n) is 6.45. The van der Waals surface area contributed by atoms with Crippen LogP contribution in [0.1, 0.15) is 44.1 Å². The molecule has 3 aromatic rings. The number of carbonyl (C=O) groups excluding carboxylic acids is 1. The van der Waals surface area contributed by atoms with Gasteiger partial charge in [0.1, 0.15) is 0 Å². The minimum Gasteiger partial charge on any atom is -0.368 e. The van der Waals surface area contributed by atoms with Gasteiger partial charge in [0, 0.05) is 67.6 Å². The van der Waals surface area contributed by atoms with Crippen molar-refractivity contribution in [2.45, 2.75) is 51.0 Å². The Labute approximate surface area is 208 Å². The van der Waals surface area contributed by atoms with E-state index in [-0.39, 0.29) is 12.0 Å². The highest BCUT2D eigenvalue weighted by molar-refractivity contribution is 5.97. The van der Waals surface area contributed by atoms with Gasteiger partial charge >= 0.3 is 0 Å². The lowest BCUT2D eigenvalue weighted by atomic mass is 9.86. The molecule has 0 spiro atoms. The first-order valence-electron chi connectivity index (χ1n) is 13.5. The van der Waals surface area contributed by atoms with Gasteiger partial charge in [-0.1, -0.05) is 55.7 Å². The molecule has 1 atom stereocenters. The fourth-order valence-corrected chi connectivity index (χ4v) is 6.45. The Bertz CT molecular complexity index is 1170. The van der Waals surface area contributed by atoms with Gasteiger partial charge in [-0.05, 0) is 49.4 Å². The summed E-state index contributed by atoms with van der Waals surface area (Å²) in [6.45, 7) is 5.04. The summed E-state index contributed by atoms with van der Waals surface area (Å²) in [5, 5.41) is 1.23. The maximum Gasteiger partial charge on any atom is 0.230 e. The third-order valence-electron chi connectivity index (χ3n) is 8.36. The van der Waals surface area contributed by atoms with Crippen molar-refractivity contribution in [1.82, 2.24) is 9.88 Å². The molecule has 5 nitrogen and oxygen atoms in total. The molecule has 3 heterocycles. The largest absolute Gasteiger partial charge is 0.368 e. The van der Waals surface area contributed by atoms with Gasteiger partial charge in [-0.15, -0.1) is 0 Å². The van der Waals surface area contributed by atoms with E-state index in [2.05, 4.69) is 74.3 Å². The maximum atomic E-state index is 13.8. The molecule has 1 aromatic heterocycles. The smallest absolute Gasteiger partial charge is 0.230 e. The van der Waals surface area contributed by atoms with Crippen molar-refractivity contribution in [2.75, 3.05) is 42.5 Å². The minimum atomic E-state index is 0.203. The summed E-state index contributed by atoms with van der Waals surface area (Å²) in [6, 6.07) is 19.5. The molecule has 0 N–H and O–H groups in total. The number of rotatable bonds is 4. The number of pyridine rings is 1. The number of hydrogen-bond donors (Lipinski definition) is 0. The number of para-hydroxylation sites is 2. The van der Waals surface area contributed by atoms with Gasteiger partial charge in [0.2, 0.25) is 5.91 Å². The summed E-state index contributed by atoms with van der Waals surface area (Å²) < 4.78 is 0. The van der Waals surface area contributed by atoms with Crippen molar-refractivity contribution in [3.8, 4) is 0 Å². The second-order valence-corrected chi connectivity index (χ2v) is 10.5. The van der Waals surface area contributed by atoms with Gasteiger partial charge in [0.25, 0.3) is 0 Å². The third-order valence-corrected chi connectivity index (χ3v) is 8.36. The lowest BCUT2D eigenvalue weighted by Crippen LogP contribution is -2.55. The van der Waals surface area contributed by atoms with E-state index in [1.807, 2.05) is 6.20 Å². The van der Waals surface area contributed by atoms with Crippen LogP contribution in [-0.4, -0.2) is 54.6 Å². The molecule has 2 aliphatic heterocycles. The third kappa shape index (κ3) is 4.54. The van der Waals surface area contributed by atoms with E-state index in [1.54, 1.807) is 0 Å². The standard InChI is InChI=1S/C30H36N4O/c35-30(24-9-2-1-3-10-24)34-25(15-14-23-8-4-7-13-28(23)34)22-32-18-20-33(21-19-32)29-16-17-31-27-12-6-5-11-26(27)29/h4-8,11-13,16-17,24-25H,1-3,9-10,14-15,18-22H2. The van der Waals surface area contributed by atoms with Crippen LogP contribution in [0.25, 0.3) is 10.9 Å².